The van der Waals surface area contributed by atoms with E-state index in [4.69, 9.17) is 12.2 Å². The van der Waals surface area contributed by atoms with E-state index < -0.39 is 0 Å². The number of anilines is 1. The van der Waals surface area contributed by atoms with Gasteiger partial charge in [0.1, 0.15) is 6.04 Å². The summed E-state index contributed by atoms with van der Waals surface area (Å²) in [5.41, 5.74) is 5.70. The van der Waals surface area contributed by atoms with Crippen LogP contribution in [0.3, 0.4) is 0 Å². The number of aryl methyl sites for hydroxylation is 1. The number of pyridine rings is 2. The van der Waals surface area contributed by atoms with Crippen LogP contribution in [0.1, 0.15) is 41.5 Å². The van der Waals surface area contributed by atoms with Crippen molar-refractivity contribution in [3.8, 4) is 0 Å². The zero-order valence-electron chi connectivity index (χ0n) is 17.9. The monoisotopic (exact) mass is 439 g/mol. The van der Waals surface area contributed by atoms with Crippen LogP contribution in [0.5, 0.6) is 0 Å². The van der Waals surface area contributed by atoms with Gasteiger partial charge in [0.25, 0.3) is 0 Å². The molecular formula is C26H25N5S. The fourth-order valence-corrected chi connectivity index (χ4v) is 4.70. The molecule has 32 heavy (non-hydrogen) atoms. The van der Waals surface area contributed by atoms with Gasteiger partial charge in [-0.1, -0.05) is 31.2 Å². The topological polar surface area (TPSA) is 46.0 Å². The zero-order chi connectivity index (χ0) is 21.9. The van der Waals surface area contributed by atoms with E-state index >= 15 is 0 Å². The Hall–Kier alpha value is -3.51. The van der Waals surface area contributed by atoms with Crippen molar-refractivity contribution >= 4 is 23.0 Å². The molecule has 0 spiro atoms. The molecule has 2 unspecified atom stereocenters. The minimum atomic E-state index is -0.0582. The van der Waals surface area contributed by atoms with E-state index in [1.807, 2.05) is 30.6 Å². The lowest BCUT2D eigenvalue weighted by molar-refractivity contribution is 0.533. The first-order chi connectivity index (χ1) is 15.7. The van der Waals surface area contributed by atoms with Gasteiger partial charge in [0.2, 0.25) is 0 Å². The smallest absolute Gasteiger partial charge is 0.174 e. The number of nitrogens with one attached hydrogen (secondary N) is 1. The van der Waals surface area contributed by atoms with E-state index in [0.717, 1.165) is 29.9 Å². The van der Waals surface area contributed by atoms with Crippen molar-refractivity contribution in [1.82, 2.24) is 19.9 Å². The second kappa shape index (κ2) is 8.93. The number of nitrogens with zero attached hydrogens (tertiary/aromatic N) is 4. The Morgan fingerprint density at radius 2 is 1.81 bits per heavy atom. The molecule has 1 N–H and O–H groups in total. The lowest BCUT2D eigenvalue weighted by Gasteiger charge is -2.29. The van der Waals surface area contributed by atoms with Crippen LogP contribution in [0, 0.1) is 0 Å². The summed E-state index contributed by atoms with van der Waals surface area (Å²) >= 11 is 5.85. The van der Waals surface area contributed by atoms with E-state index in [1.54, 1.807) is 6.20 Å². The van der Waals surface area contributed by atoms with Crippen molar-refractivity contribution in [2.75, 3.05) is 4.90 Å². The molecule has 1 aliphatic rings. The normalized spacial score (nSPS) is 18.0. The van der Waals surface area contributed by atoms with E-state index in [9.17, 15) is 0 Å². The molecule has 1 aromatic carbocycles. The van der Waals surface area contributed by atoms with Crippen molar-refractivity contribution in [2.24, 2.45) is 0 Å². The molecule has 3 aromatic heterocycles. The minimum Gasteiger partial charge on any atom is -0.351 e. The van der Waals surface area contributed by atoms with Gasteiger partial charge >= 0.3 is 0 Å². The van der Waals surface area contributed by atoms with Gasteiger partial charge in [-0.15, -0.1) is 0 Å². The molecule has 4 aromatic rings. The summed E-state index contributed by atoms with van der Waals surface area (Å²) in [4.78, 5) is 11.2. The Labute approximate surface area is 193 Å². The van der Waals surface area contributed by atoms with Gasteiger partial charge in [0.15, 0.2) is 5.11 Å². The molecule has 160 valence electrons. The summed E-state index contributed by atoms with van der Waals surface area (Å²) in [5.74, 6) is 0. The fourth-order valence-electron chi connectivity index (χ4n) is 4.35. The first-order valence-electron chi connectivity index (χ1n) is 10.9. The van der Waals surface area contributed by atoms with Crippen LogP contribution in [0.2, 0.25) is 0 Å². The van der Waals surface area contributed by atoms with Gasteiger partial charge in [-0.05, 0) is 72.2 Å². The van der Waals surface area contributed by atoms with Gasteiger partial charge in [0, 0.05) is 42.7 Å². The van der Waals surface area contributed by atoms with Gasteiger partial charge in [-0.2, -0.15) is 0 Å². The highest BCUT2D eigenvalue weighted by molar-refractivity contribution is 7.80. The molecule has 5 rings (SSSR count). The zero-order valence-corrected chi connectivity index (χ0v) is 18.7. The summed E-state index contributed by atoms with van der Waals surface area (Å²) in [7, 11) is 0. The van der Waals surface area contributed by atoms with Crippen molar-refractivity contribution in [2.45, 2.75) is 32.0 Å². The number of hydrogen-bond acceptors (Lipinski definition) is 3. The standard InChI is InChI=1S/C26H25N5S/c1-2-19-10-12-21(13-11-19)31-25(24(29-26(31)32)22-8-3-4-15-28-22)23-9-6-16-30(23)18-20-7-5-14-27-17-20/h3-17,24-25H,2,18H2,1H3,(H,29,32). The fraction of sp³-hybridized carbons (Fsp3) is 0.192. The molecule has 6 heteroatoms. The van der Waals surface area contributed by atoms with E-state index in [2.05, 4.69) is 86.4 Å². The summed E-state index contributed by atoms with van der Waals surface area (Å²) in [5, 5.41) is 4.26. The molecular weight excluding hydrogens is 414 g/mol. The molecule has 4 heterocycles. The van der Waals surface area contributed by atoms with Crippen LogP contribution in [0.15, 0.2) is 91.5 Å². The lowest BCUT2D eigenvalue weighted by Crippen LogP contribution is -2.30. The van der Waals surface area contributed by atoms with Crippen molar-refractivity contribution in [1.29, 1.82) is 0 Å². The van der Waals surface area contributed by atoms with E-state index in [1.165, 1.54) is 11.3 Å². The molecule has 1 saturated heterocycles. The number of hydrogen-bond donors (Lipinski definition) is 1. The maximum Gasteiger partial charge on any atom is 0.174 e. The Morgan fingerprint density at radius 1 is 0.938 bits per heavy atom. The van der Waals surface area contributed by atoms with Gasteiger partial charge in [0.05, 0.1) is 11.7 Å². The van der Waals surface area contributed by atoms with Crippen LogP contribution in [0.4, 0.5) is 5.69 Å². The quantitative estimate of drug-likeness (QED) is 0.425. The average Bonchev–Trinajstić information content (AvgIpc) is 3.44. The Bertz CT molecular complexity index is 1190. The predicted octanol–water partition coefficient (Wildman–Crippen LogP) is 5.07. The molecule has 0 bridgehead atoms. The summed E-state index contributed by atoms with van der Waals surface area (Å²) in [6, 6.07) is 23.0. The largest absolute Gasteiger partial charge is 0.351 e. The van der Waals surface area contributed by atoms with Crippen LogP contribution in [-0.4, -0.2) is 19.6 Å². The Balaban J connectivity index is 1.59. The minimum absolute atomic E-state index is 0.0310. The summed E-state index contributed by atoms with van der Waals surface area (Å²) in [6.07, 6.45) is 8.69. The van der Waals surface area contributed by atoms with Gasteiger partial charge in [-0.3, -0.25) is 9.97 Å². The second-order valence-corrected chi connectivity index (χ2v) is 8.33. The molecule has 0 saturated carbocycles. The Kier molecular flexibility index (Phi) is 5.69. The number of rotatable bonds is 6. The van der Waals surface area contributed by atoms with Crippen LogP contribution in [-0.2, 0) is 13.0 Å². The first kappa shape index (κ1) is 20.4. The average molecular weight is 440 g/mol. The summed E-state index contributed by atoms with van der Waals surface area (Å²) < 4.78 is 2.28. The lowest BCUT2D eigenvalue weighted by atomic mass is 10.0. The second-order valence-electron chi connectivity index (χ2n) is 7.94. The van der Waals surface area contributed by atoms with Crippen LogP contribution in [0.25, 0.3) is 0 Å². The number of aromatic nitrogens is 3. The third-order valence-electron chi connectivity index (χ3n) is 5.96. The van der Waals surface area contributed by atoms with Crippen LogP contribution < -0.4 is 10.2 Å². The molecule has 5 nitrogen and oxygen atoms in total. The molecule has 0 radical (unpaired) electrons. The highest BCUT2D eigenvalue weighted by atomic mass is 32.1. The molecule has 1 aliphatic heterocycles. The molecule has 0 aliphatic carbocycles. The highest BCUT2D eigenvalue weighted by Crippen LogP contribution is 2.41. The molecule has 2 atom stereocenters. The number of thiocarbonyl (C=S) groups is 1. The van der Waals surface area contributed by atoms with Crippen molar-refractivity contribution in [3.63, 3.8) is 0 Å². The van der Waals surface area contributed by atoms with Crippen LogP contribution >= 0.6 is 12.2 Å². The highest BCUT2D eigenvalue weighted by Gasteiger charge is 2.41. The maximum absolute atomic E-state index is 5.85. The van der Waals surface area contributed by atoms with E-state index in [-0.39, 0.29) is 12.1 Å². The maximum atomic E-state index is 5.85. The van der Waals surface area contributed by atoms with Crippen molar-refractivity contribution in [3.05, 3.63) is 114 Å². The molecule has 1 fully saturated rings. The van der Waals surface area contributed by atoms with Gasteiger partial charge < -0.3 is 14.8 Å². The SMILES string of the molecule is CCc1ccc(N2C(=S)NC(c3ccccn3)C2c2cccn2Cc2cccnc2)cc1. The third-order valence-corrected chi connectivity index (χ3v) is 6.28. The Morgan fingerprint density at radius 3 is 2.53 bits per heavy atom. The summed E-state index contributed by atoms with van der Waals surface area (Å²) in [6.45, 7) is 2.92. The first-order valence-corrected chi connectivity index (χ1v) is 11.3. The molecule has 0 amide bonds. The predicted molar refractivity (Wildman–Crippen MR) is 132 cm³/mol. The van der Waals surface area contributed by atoms with E-state index in [0.29, 0.717) is 5.11 Å². The van der Waals surface area contributed by atoms with Crippen molar-refractivity contribution < 1.29 is 0 Å². The number of benzene rings is 1. The van der Waals surface area contributed by atoms with Gasteiger partial charge in [-0.25, -0.2) is 0 Å². The third kappa shape index (κ3) is 3.89.